The molecule has 28 heavy (non-hydrogen) atoms. The number of likely N-dealkylation sites (N-methyl/N-ethyl adjacent to an activating group) is 1. The zero-order valence-electron chi connectivity index (χ0n) is 16.4. The number of aromatic amines is 1. The molecule has 1 aliphatic heterocycles. The van der Waals surface area contributed by atoms with Crippen molar-refractivity contribution < 1.29 is 4.79 Å². The normalized spacial score (nSPS) is 18.4. The first-order chi connectivity index (χ1) is 13.6. The number of nitrogens with one attached hydrogen (secondary N) is 2. The zero-order chi connectivity index (χ0) is 20.1. The highest BCUT2D eigenvalue weighted by atomic mass is 32.2. The van der Waals surface area contributed by atoms with Gasteiger partial charge < -0.3 is 10.3 Å². The van der Waals surface area contributed by atoms with Crippen LogP contribution >= 0.6 is 11.8 Å². The maximum absolute atomic E-state index is 13.0. The van der Waals surface area contributed by atoms with E-state index in [1.807, 2.05) is 6.26 Å². The van der Waals surface area contributed by atoms with Crippen LogP contribution in [0.15, 0.2) is 33.9 Å². The van der Waals surface area contributed by atoms with E-state index >= 15 is 0 Å². The third kappa shape index (κ3) is 4.33. The van der Waals surface area contributed by atoms with E-state index in [4.69, 9.17) is 0 Å². The molecule has 0 bridgehead atoms. The molecule has 1 saturated heterocycles. The lowest BCUT2D eigenvalue weighted by Gasteiger charge is -2.24. The van der Waals surface area contributed by atoms with E-state index in [0.29, 0.717) is 35.7 Å². The number of nitrogens with zero attached hydrogens (tertiary/aromatic N) is 2. The lowest BCUT2D eigenvalue weighted by atomic mass is 10.1. The van der Waals surface area contributed by atoms with Crippen molar-refractivity contribution in [1.82, 2.24) is 19.8 Å². The number of thioether (sulfide) groups is 1. The molecule has 1 aromatic heterocycles. The predicted molar refractivity (Wildman–Crippen MR) is 114 cm³/mol. The molecule has 2 N–H and O–H groups in total. The van der Waals surface area contributed by atoms with Gasteiger partial charge in [-0.15, -0.1) is 0 Å². The van der Waals surface area contributed by atoms with Crippen LogP contribution in [0.3, 0.4) is 0 Å². The summed E-state index contributed by atoms with van der Waals surface area (Å²) in [5.74, 6) is 0.418. The first kappa shape index (κ1) is 20.7. The molecule has 152 valence electrons. The summed E-state index contributed by atoms with van der Waals surface area (Å²) in [7, 11) is 0. The van der Waals surface area contributed by atoms with Crippen LogP contribution in [0, 0.1) is 0 Å². The zero-order valence-corrected chi connectivity index (χ0v) is 17.3. The van der Waals surface area contributed by atoms with Crippen LogP contribution in [-0.2, 0) is 4.79 Å². The van der Waals surface area contributed by atoms with Crippen LogP contribution < -0.4 is 16.6 Å². The Morgan fingerprint density at radius 2 is 2.14 bits per heavy atom. The monoisotopic (exact) mass is 404 g/mol. The average Bonchev–Trinajstić information content (AvgIpc) is 3.16. The Labute approximate surface area is 168 Å². The van der Waals surface area contributed by atoms with Crippen molar-refractivity contribution in [1.29, 1.82) is 0 Å². The molecule has 1 amide bonds. The SMILES string of the molecule is CCN1CCCC1CNC(=O)C(CCSC)n1c(=O)[nH]c2ccccc2c1=O. The fraction of sp³-hybridized carbons (Fsp3) is 0.550. The van der Waals surface area contributed by atoms with Gasteiger partial charge in [0.25, 0.3) is 5.56 Å². The number of fused-ring (bicyclic) bond motifs is 1. The van der Waals surface area contributed by atoms with Crippen LogP contribution in [0.1, 0.15) is 32.2 Å². The highest BCUT2D eigenvalue weighted by Crippen LogP contribution is 2.17. The van der Waals surface area contributed by atoms with Crippen LogP contribution in [0.5, 0.6) is 0 Å². The van der Waals surface area contributed by atoms with Gasteiger partial charge in [0.05, 0.1) is 10.9 Å². The van der Waals surface area contributed by atoms with E-state index in [1.54, 1.807) is 36.0 Å². The van der Waals surface area contributed by atoms with E-state index in [-0.39, 0.29) is 5.91 Å². The third-order valence-electron chi connectivity index (χ3n) is 5.46. The summed E-state index contributed by atoms with van der Waals surface area (Å²) in [5, 5.41) is 3.41. The molecular weight excluding hydrogens is 376 g/mol. The molecule has 0 saturated carbocycles. The fourth-order valence-corrected chi connectivity index (χ4v) is 4.40. The number of para-hydroxylation sites is 1. The number of H-pyrrole nitrogens is 1. The van der Waals surface area contributed by atoms with E-state index in [2.05, 4.69) is 22.1 Å². The molecule has 0 aliphatic carbocycles. The van der Waals surface area contributed by atoms with Gasteiger partial charge >= 0.3 is 5.69 Å². The molecule has 8 heteroatoms. The fourth-order valence-electron chi connectivity index (χ4n) is 3.94. The number of hydrogen-bond donors (Lipinski definition) is 2. The Morgan fingerprint density at radius 1 is 1.36 bits per heavy atom. The first-order valence-corrected chi connectivity index (χ1v) is 11.2. The molecule has 0 radical (unpaired) electrons. The summed E-state index contributed by atoms with van der Waals surface area (Å²) in [6.07, 6.45) is 4.56. The summed E-state index contributed by atoms with van der Waals surface area (Å²) in [4.78, 5) is 43.7. The number of likely N-dealkylation sites (tertiary alicyclic amines) is 1. The minimum atomic E-state index is -0.815. The second kappa shape index (κ2) is 9.43. The van der Waals surface area contributed by atoms with Gasteiger partial charge in [-0.1, -0.05) is 19.1 Å². The Kier molecular flexibility index (Phi) is 6.96. The maximum atomic E-state index is 13.0. The molecule has 2 unspecified atom stereocenters. The Morgan fingerprint density at radius 3 is 2.89 bits per heavy atom. The minimum absolute atomic E-state index is 0.264. The third-order valence-corrected chi connectivity index (χ3v) is 6.11. The molecule has 0 spiro atoms. The van der Waals surface area contributed by atoms with Crippen molar-refractivity contribution in [3.63, 3.8) is 0 Å². The molecule has 1 aliphatic rings. The van der Waals surface area contributed by atoms with Crippen molar-refractivity contribution in [2.75, 3.05) is 31.6 Å². The summed E-state index contributed by atoms with van der Waals surface area (Å²) in [6, 6.07) is 6.39. The van der Waals surface area contributed by atoms with E-state index < -0.39 is 17.3 Å². The molecule has 1 fully saturated rings. The first-order valence-electron chi connectivity index (χ1n) is 9.81. The van der Waals surface area contributed by atoms with E-state index in [1.165, 1.54) is 0 Å². The van der Waals surface area contributed by atoms with Crippen LogP contribution in [0.25, 0.3) is 10.9 Å². The van der Waals surface area contributed by atoms with Crippen molar-refractivity contribution in [2.24, 2.45) is 0 Å². The number of aromatic nitrogens is 2. The standard InChI is InChI=1S/C20H28N4O3S/c1-3-23-11-6-7-14(23)13-21-18(25)17(10-12-28-2)24-19(26)15-8-4-5-9-16(15)22-20(24)27/h4-5,8-9,14,17H,3,6-7,10-13H2,1-2H3,(H,21,25)(H,22,27). The minimum Gasteiger partial charge on any atom is -0.353 e. The largest absolute Gasteiger partial charge is 0.353 e. The predicted octanol–water partition coefficient (Wildman–Crippen LogP) is 1.58. The number of amides is 1. The van der Waals surface area contributed by atoms with E-state index in [9.17, 15) is 14.4 Å². The van der Waals surface area contributed by atoms with Crippen LogP contribution in [0.2, 0.25) is 0 Å². The topological polar surface area (TPSA) is 87.2 Å². The lowest BCUT2D eigenvalue weighted by molar-refractivity contribution is -0.124. The number of hydrogen-bond acceptors (Lipinski definition) is 5. The maximum Gasteiger partial charge on any atom is 0.329 e. The van der Waals surface area contributed by atoms with Crippen LogP contribution in [0.4, 0.5) is 0 Å². The van der Waals surface area contributed by atoms with Gasteiger partial charge in [-0.05, 0) is 56.5 Å². The van der Waals surface area contributed by atoms with Crippen molar-refractivity contribution in [3.8, 4) is 0 Å². The molecule has 3 rings (SSSR count). The molecule has 7 nitrogen and oxygen atoms in total. The highest BCUT2D eigenvalue weighted by Gasteiger charge is 2.27. The van der Waals surface area contributed by atoms with Gasteiger partial charge in [0.15, 0.2) is 0 Å². The summed E-state index contributed by atoms with van der Waals surface area (Å²) < 4.78 is 1.08. The average molecular weight is 405 g/mol. The Balaban J connectivity index is 1.87. The Hall–Kier alpha value is -2.06. The molecule has 2 aromatic rings. The second-order valence-corrected chi connectivity index (χ2v) is 8.10. The second-order valence-electron chi connectivity index (χ2n) is 7.12. The van der Waals surface area contributed by atoms with Gasteiger partial charge in [0, 0.05) is 12.6 Å². The summed E-state index contributed by atoms with van der Waals surface area (Å²) in [6.45, 7) is 4.68. The number of carbonyl (C=O) groups is 1. The lowest BCUT2D eigenvalue weighted by Crippen LogP contribution is -2.47. The molecule has 2 atom stereocenters. The van der Waals surface area contributed by atoms with Gasteiger partial charge in [0.2, 0.25) is 5.91 Å². The molecule has 1 aromatic carbocycles. The number of carbonyl (C=O) groups excluding carboxylic acids is 1. The summed E-state index contributed by atoms with van der Waals surface area (Å²) in [5.41, 5.74) is -0.472. The van der Waals surface area contributed by atoms with Crippen molar-refractivity contribution in [3.05, 3.63) is 45.1 Å². The smallest absolute Gasteiger partial charge is 0.329 e. The molecular formula is C20H28N4O3S. The number of rotatable bonds is 8. The van der Waals surface area contributed by atoms with Gasteiger partial charge in [-0.3, -0.25) is 14.5 Å². The Bertz CT molecular complexity index is 939. The van der Waals surface area contributed by atoms with Crippen molar-refractivity contribution in [2.45, 2.75) is 38.3 Å². The quantitative estimate of drug-likeness (QED) is 0.698. The summed E-state index contributed by atoms with van der Waals surface area (Å²) >= 11 is 1.59. The van der Waals surface area contributed by atoms with Crippen molar-refractivity contribution >= 4 is 28.6 Å². The highest BCUT2D eigenvalue weighted by molar-refractivity contribution is 7.98. The van der Waals surface area contributed by atoms with Gasteiger partial charge in [-0.2, -0.15) is 11.8 Å². The van der Waals surface area contributed by atoms with Gasteiger partial charge in [-0.25, -0.2) is 9.36 Å². The number of benzene rings is 1. The molecule has 2 heterocycles. The van der Waals surface area contributed by atoms with Crippen LogP contribution in [-0.4, -0.2) is 58.0 Å². The van der Waals surface area contributed by atoms with E-state index in [0.717, 1.165) is 30.5 Å². The van der Waals surface area contributed by atoms with Gasteiger partial charge in [0.1, 0.15) is 6.04 Å².